The number of nitrogens with two attached hydrogens (primary N) is 1. The molecule has 0 fully saturated rings. The quantitative estimate of drug-likeness (QED) is 0.817. The minimum Gasteiger partial charge on any atom is -0.320 e. The molecule has 0 bridgehead atoms. The van der Waals surface area contributed by atoms with E-state index < -0.39 is 0 Å². The number of thiophene rings is 1. The maximum Gasteiger partial charge on any atom is 0.0772 e. The first kappa shape index (κ1) is 12.6. The molecule has 1 nitrogen and oxygen atoms in total. The lowest BCUT2D eigenvalue weighted by Gasteiger charge is -2.05. The first-order chi connectivity index (χ1) is 7.26. The second-order valence-corrected chi connectivity index (χ2v) is 5.90. The Balaban J connectivity index is 2.46. The van der Waals surface area contributed by atoms with Crippen LogP contribution < -0.4 is 5.73 Å². The van der Waals surface area contributed by atoms with E-state index in [2.05, 4.69) is 37.8 Å². The van der Waals surface area contributed by atoms with E-state index in [1.54, 1.807) is 11.3 Å². The predicted molar refractivity (Wildman–Crippen MR) is 71.3 cm³/mol. The SMILES string of the molecule is CCC(C)SCc1ccc(C#CCN)s1. The summed E-state index contributed by atoms with van der Waals surface area (Å²) in [7, 11) is 0. The van der Waals surface area contributed by atoms with Crippen LogP contribution in [0, 0.1) is 11.8 Å². The Bertz CT molecular complexity index is 346. The molecule has 15 heavy (non-hydrogen) atoms. The summed E-state index contributed by atoms with van der Waals surface area (Å²) in [6.07, 6.45) is 1.23. The van der Waals surface area contributed by atoms with Crippen molar-refractivity contribution >= 4 is 23.1 Å². The van der Waals surface area contributed by atoms with Crippen molar-refractivity contribution in [2.45, 2.75) is 31.3 Å². The third kappa shape index (κ3) is 4.74. The van der Waals surface area contributed by atoms with Gasteiger partial charge in [0, 0.05) is 15.9 Å². The first-order valence-corrected chi connectivity index (χ1v) is 7.02. The third-order valence-corrected chi connectivity index (χ3v) is 4.62. The zero-order valence-electron chi connectivity index (χ0n) is 9.25. The van der Waals surface area contributed by atoms with Crippen LogP contribution in [-0.2, 0) is 5.75 Å². The molecule has 1 rings (SSSR count). The lowest BCUT2D eigenvalue weighted by Crippen LogP contribution is -1.92. The largest absolute Gasteiger partial charge is 0.320 e. The standard InChI is InChI=1S/C12H17NS2/c1-3-10(2)14-9-12-7-6-11(15-12)5-4-8-13/h6-7,10H,3,8-9,13H2,1-2H3. The molecule has 1 aromatic heterocycles. The van der Waals surface area contributed by atoms with Gasteiger partial charge in [-0.1, -0.05) is 25.7 Å². The molecular weight excluding hydrogens is 222 g/mol. The topological polar surface area (TPSA) is 26.0 Å². The van der Waals surface area contributed by atoms with Crippen molar-refractivity contribution in [1.29, 1.82) is 0 Å². The molecule has 0 aliphatic rings. The van der Waals surface area contributed by atoms with E-state index in [-0.39, 0.29) is 0 Å². The summed E-state index contributed by atoms with van der Waals surface area (Å²) in [6.45, 7) is 4.94. The Morgan fingerprint density at radius 3 is 3.00 bits per heavy atom. The number of hydrogen-bond donors (Lipinski definition) is 1. The molecule has 0 radical (unpaired) electrons. The van der Waals surface area contributed by atoms with Crippen LogP contribution in [0.15, 0.2) is 12.1 Å². The van der Waals surface area contributed by atoms with Crippen molar-refractivity contribution in [3.8, 4) is 11.8 Å². The monoisotopic (exact) mass is 239 g/mol. The summed E-state index contributed by atoms with van der Waals surface area (Å²) in [4.78, 5) is 2.53. The van der Waals surface area contributed by atoms with Crippen molar-refractivity contribution in [1.82, 2.24) is 0 Å². The molecule has 0 saturated heterocycles. The Kier molecular flexibility index (Phi) is 5.85. The van der Waals surface area contributed by atoms with Gasteiger partial charge in [-0.05, 0) is 18.6 Å². The van der Waals surface area contributed by atoms with Crippen molar-refractivity contribution in [3.05, 3.63) is 21.9 Å². The zero-order valence-corrected chi connectivity index (χ0v) is 10.9. The first-order valence-electron chi connectivity index (χ1n) is 5.15. The second-order valence-electron chi connectivity index (χ2n) is 3.30. The van der Waals surface area contributed by atoms with Gasteiger partial charge >= 0.3 is 0 Å². The molecule has 0 spiro atoms. The Morgan fingerprint density at radius 2 is 2.33 bits per heavy atom. The van der Waals surface area contributed by atoms with Crippen LogP contribution in [-0.4, -0.2) is 11.8 Å². The summed E-state index contributed by atoms with van der Waals surface area (Å²) < 4.78 is 0. The summed E-state index contributed by atoms with van der Waals surface area (Å²) >= 11 is 3.78. The van der Waals surface area contributed by atoms with Crippen LogP contribution >= 0.6 is 23.1 Å². The van der Waals surface area contributed by atoms with Crippen molar-refractivity contribution in [2.75, 3.05) is 6.54 Å². The minimum absolute atomic E-state index is 0.439. The van der Waals surface area contributed by atoms with E-state index in [0.29, 0.717) is 6.54 Å². The molecule has 0 aromatic carbocycles. The van der Waals surface area contributed by atoms with E-state index in [0.717, 1.165) is 15.9 Å². The van der Waals surface area contributed by atoms with E-state index in [4.69, 9.17) is 5.73 Å². The van der Waals surface area contributed by atoms with Gasteiger partial charge in [0.15, 0.2) is 0 Å². The average molecular weight is 239 g/mol. The molecule has 0 amide bonds. The minimum atomic E-state index is 0.439. The van der Waals surface area contributed by atoms with Gasteiger partial charge in [-0.2, -0.15) is 11.8 Å². The summed E-state index contributed by atoms with van der Waals surface area (Å²) in [5.74, 6) is 7.04. The molecule has 1 atom stereocenters. The van der Waals surface area contributed by atoms with Crippen LogP contribution in [0.25, 0.3) is 0 Å². The maximum absolute atomic E-state index is 5.33. The molecule has 2 N–H and O–H groups in total. The van der Waals surface area contributed by atoms with Gasteiger partial charge < -0.3 is 5.73 Å². The highest BCUT2D eigenvalue weighted by atomic mass is 32.2. The van der Waals surface area contributed by atoms with Gasteiger partial charge in [-0.15, -0.1) is 11.3 Å². The van der Waals surface area contributed by atoms with E-state index in [9.17, 15) is 0 Å². The Labute approximate surface area is 100 Å². The summed E-state index contributed by atoms with van der Waals surface area (Å²) in [5.41, 5.74) is 5.33. The average Bonchev–Trinajstić information content (AvgIpc) is 2.71. The molecule has 3 heteroatoms. The zero-order chi connectivity index (χ0) is 11.1. The van der Waals surface area contributed by atoms with Gasteiger partial charge in [0.2, 0.25) is 0 Å². The molecule has 0 saturated carbocycles. The Hall–Kier alpha value is -0.430. The second kappa shape index (κ2) is 6.95. The highest BCUT2D eigenvalue weighted by Crippen LogP contribution is 2.24. The van der Waals surface area contributed by atoms with E-state index in [1.165, 1.54) is 11.3 Å². The predicted octanol–water partition coefficient (Wildman–Crippen LogP) is 3.09. The van der Waals surface area contributed by atoms with Crippen molar-refractivity contribution in [3.63, 3.8) is 0 Å². The highest BCUT2D eigenvalue weighted by molar-refractivity contribution is 7.99. The van der Waals surface area contributed by atoms with Crippen LogP contribution in [0.4, 0.5) is 0 Å². The van der Waals surface area contributed by atoms with Gasteiger partial charge in [-0.3, -0.25) is 0 Å². The fraction of sp³-hybridized carbons (Fsp3) is 0.500. The third-order valence-electron chi connectivity index (χ3n) is 2.06. The number of thioether (sulfide) groups is 1. The molecule has 82 valence electrons. The fourth-order valence-electron chi connectivity index (χ4n) is 1.00. The number of rotatable bonds is 4. The molecule has 0 aliphatic carbocycles. The van der Waals surface area contributed by atoms with Crippen molar-refractivity contribution < 1.29 is 0 Å². The lowest BCUT2D eigenvalue weighted by molar-refractivity contribution is 0.905. The smallest absolute Gasteiger partial charge is 0.0772 e. The molecular formula is C12H17NS2. The van der Waals surface area contributed by atoms with Crippen LogP contribution in [0.1, 0.15) is 30.0 Å². The Morgan fingerprint density at radius 1 is 1.53 bits per heavy atom. The molecule has 0 aliphatic heterocycles. The summed E-state index contributed by atoms with van der Waals surface area (Å²) in [5, 5.41) is 0.741. The van der Waals surface area contributed by atoms with Gasteiger partial charge in [0.05, 0.1) is 11.4 Å². The van der Waals surface area contributed by atoms with Crippen molar-refractivity contribution in [2.24, 2.45) is 5.73 Å². The van der Waals surface area contributed by atoms with Gasteiger partial charge in [0.25, 0.3) is 0 Å². The summed E-state index contributed by atoms with van der Waals surface area (Å²) in [6, 6.07) is 4.25. The normalized spacial score (nSPS) is 11.9. The number of hydrogen-bond acceptors (Lipinski definition) is 3. The fourth-order valence-corrected chi connectivity index (χ4v) is 2.90. The van der Waals surface area contributed by atoms with E-state index >= 15 is 0 Å². The van der Waals surface area contributed by atoms with E-state index in [1.807, 2.05) is 11.8 Å². The molecule has 1 unspecified atom stereocenters. The molecule has 1 aromatic rings. The lowest BCUT2D eigenvalue weighted by atomic mass is 10.4. The highest BCUT2D eigenvalue weighted by Gasteiger charge is 2.02. The maximum atomic E-state index is 5.33. The van der Waals surface area contributed by atoms with Gasteiger partial charge in [-0.25, -0.2) is 0 Å². The van der Waals surface area contributed by atoms with Crippen LogP contribution in [0.5, 0.6) is 0 Å². The van der Waals surface area contributed by atoms with Gasteiger partial charge in [0.1, 0.15) is 0 Å². The van der Waals surface area contributed by atoms with Crippen LogP contribution in [0.2, 0.25) is 0 Å². The van der Waals surface area contributed by atoms with Crippen LogP contribution in [0.3, 0.4) is 0 Å². The molecule has 1 heterocycles.